The molecule has 3 aliphatic heterocycles. The Balaban J connectivity index is 1.36. The molecule has 130 valence electrons. The number of urea groups is 1. The van der Waals surface area contributed by atoms with Crippen molar-refractivity contribution >= 4 is 6.03 Å². The summed E-state index contributed by atoms with van der Waals surface area (Å²) in [4.78, 5) is 21.1. The average molecular weight is 330 g/mol. The molecular weight excluding hydrogens is 304 g/mol. The maximum Gasteiger partial charge on any atom is 0.317 e. The summed E-state index contributed by atoms with van der Waals surface area (Å²) >= 11 is 0. The van der Waals surface area contributed by atoms with E-state index < -0.39 is 0 Å². The quantitative estimate of drug-likeness (QED) is 0.905. The van der Waals surface area contributed by atoms with Crippen LogP contribution in [0, 0.1) is 11.3 Å². The molecule has 0 radical (unpaired) electrons. The van der Waals surface area contributed by atoms with Crippen LogP contribution in [0.3, 0.4) is 0 Å². The van der Waals surface area contributed by atoms with Crippen molar-refractivity contribution in [3.8, 4) is 0 Å². The molecular formula is C18H26N4O2. The highest BCUT2D eigenvalue weighted by molar-refractivity contribution is 5.74. The second kappa shape index (κ2) is 6.69. The number of aromatic nitrogens is 1. The Hall–Kier alpha value is -1.66. The third-order valence-electron chi connectivity index (χ3n) is 5.69. The second-order valence-electron chi connectivity index (χ2n) is 7.42. The highest BCUT2D eigenvalue weighted by atomic mass is 16.5. The van der Waals surface area contributed by atoms with Crippen LogP contribution in [0.25, 0.3) is 0 Å². The molecule has 6 nitrogen and oxygen atoms in total. The minimum absolute atomic E-state index is 0.0597. The number of nitrogens with one attached hydrogen (secondary N) is 1. The Morgan fingerprint density at radius 1 is 1.38 bits per heavy atom. The van der Waals surface area contributed by atoms with E-state index >= 15 is 0 Å². The smallest absolute Gasteiger partial charge is 0.317 e. The fraction of sp³-hybridized carbons (Fsp3) is 0.667. The highest BCUT2D eigenvalue weighted by Crippen LogP contribution is 2.41. The summed E-state index contributed by atoms with van der Waals surface area (Å²) < 4.78 is 5.76. The molecule has 0 saturated carbocycles. The van der Waals surface area contributed by atoms with E-state index in [1.54, 1.807) is 0 Å². The summed E-state index contributed by atoms with van der Waals surface area (Å²) in [7, 11) is 0. The van der Waals surface area contributed by atoms with Gasteiger partial charge in [0.05, 0.1) is 18.9 Å². The number of rotatable bonds is 4. The average Bonchev–Trinajstić information content (AvgIpc) is 3.29. The SMILES string of the molecule is O=C(NC[C@@]12COC[C@@H]1CN(Cc1ccccn1)C2)N1CCCC1. The molecule has 4 rings (SSSR count). The van der Waals surface area contributed by atoms with Gasteiger partial charge in [0.25, 0.3) is 0 Å². The third kappa shape index (κ3) is 3.13. The molecule has 2 atom stereocenters. The first-order chi connectivity index (χ1) is 11.8. The lowest BCUT2D eigenvalue weighted by Crippen LogP contribution is -2.47. The van der Waals surface area contributed by atoms with Crippen molar-refractivity contribution in [1.82, 2.24) is 20.1 Å². The van der Waals surface area contributed by atoms with E-state index in [4.69, 9.17) is 4.74 Å². The molecule has 4 heterocycles. The van der Waals surface area contributed by atoms with Crippen molar-refractivity contribution in [3.05, 3.63) is 30.1 Å². The highest BCUT2D eigenvalue weighted by Gasteiger charge is 2.50. The van der Waals surface area contributed by atoms with Crippen molar-refractivity contribution in [1.29, 1.82) is 0 Å². The Bertz CT molecular complexity index is 576. The van der Waals surface area contributed by atoms with Crippen molar-refractivity contribution in [3.63, 3.8) is 0 Å². The van der Waals surface area contributed by atoms with Crippen LogP contribution in [0.2, 0.25) is 0 Å². The second-order valence-corrected chi connectivity index (χ2v) is 7.42. The maximum absolute atomic E-state index is 12.3. The van der Waals surface area contributed by atoms with E-state index in [1.807, 2.05) is 23.2 Å². The number of likely N-dealkylation sites (tertiary alicyclic amines) is 2. The molecule has 3 fully saturated rings. The number of fused-ring (bicyclic) bond motifs is 1. The summed E-state index contributed by atoms with van der Waals surface area (Å²) in [5.41, 5.74) is 1.17. The minimum Gasteiger partial charge on any atom is -0.380 e. The van der Waals surface area contributed by atoms with Gasteiger partial charge in [0, 0.05) is 56.8 Å². The van der Waals surface area contributed by atoms with E-state index in [0.717, 1.165) is 64.5 Å². The zero-order chi connectivity index (χ0) is 16.4. The topological polar surface area (TPSA) is 57.7 Å². The minimum atomic E-state index is 0.0597. The number of pyridine rings is 1. The molecule has 1 aromatic rings. The zero-order valence-corrected chi connectivity index (χ0v) is 14.1. The summed E-state index contributed by atoms with van der Waals surface area (Å²) in [6.45, 7) is 6.92. The molecule has 0 bridgehead atoms. The zero-order valence-electron chi connectivity index (χ0n) is 14.1. The van der Waals surface area contributed by atoms with Gasteiger partial charge in [-0.3, -0.25) is 9.88 Å². The van der Waals surface area contributed by atoms with Gasteiger partial charge >= 0.3 is 6.03 Å². The van der Waals surface area contributed by atoms with Crippen LogP contribution in [-0.4, -0.2) is 66.8 Å². The number of carbonyl (C=O) groups excluding carboxylic acids is 1. The monoisotopic (exact) mass is 330 g/mol. The van der Waals surface area contributed by atoms with E-state index in [0.29, 0.717) is 12.5 Å². The van der Waals surface area contributed by atoms with Crippen LogP contribution in [0.1, 0.15) is 18.5 Å². The fourth-order valence-corrected chi connectivity index (χ4v) is 4.32. The van der Waals surface area contributed by atoms with Crippen molar-refractivity contribution in [2.45, 2.75) is 19.4 Å². The largest absolute Gasteiger partial charge is 0.380 e. The van der Waals surface area contributed by atoms with Crippen molar-refractivity contribution < 1.29 is 9.53 Å². The molecule has 24 heavy (non-hydrogen) atoms. The van der Waals surface area contributed by atoms with Gasteiger partial charge in [0.2, 0.25) is 0 Å². The Kier molecular flexibility index (Phi) is 4.41. The molecule has 3 saturated heterocycles. The summed E-state index contributed by atoms with van der Waals surface area (Å²) in [6, 6.07) is 6.15. The first-order valence-corrected chi connectivity index (χ1v) is 8.98. The lowest BCUT2D eigenvalue weighted by Gasteiger charge is -2.29. The Morgan fingerprint density at radius 3 is 3.04 bits per heavy atom. The molecule has 0 aliphatic carbocycles. The number of hydrogen-bond acceptors (Lipinski definition) is 4. The van der Waals surface area contributed by atoms with E-state index in [-0.39, 0.29) is 11.4 Å². The van der Waals surface area contributed by atoms with Gasteiger partial charge < -0.3 is 15.0 Å². The van der Waals surface area contributed by atoms with Crippen LogP contribution < -0.4 is 5.32 Å². The third-order valence-corrected chi connectivity index (χ3v) is 5.69. The van der Waals surface area contributed by atoms with Crippen molar-refractivity contribution in [2.24, 2.45) is 11.3 Å². The summed E-state index contributed by atoms with van der Waals surface area (Å²) in [6.07, 6.45) is 4.10. The molecule has 0 unspecified atom stereocenters. The molecule has 0 aromatic carbocycles. The first kappa shape index (κ1) is 15.8. The first-order valence-electron chi connectivity index (χ1n) is 8.98. The number of amides is 2. The number of nitrogens with zero attached hydrogens (tertiary/aromatic N) is 3. The fourth-order valence-electron chi connectivity index (χ4n) is 4.32. The van der Waals surface area contributed by atoms with E-state index in [9.17, 15) is 4.79 Å². The van der Waals surface area contributed by atoms with Gasteiger partial charge in [-0.2, -0.15) is 0 Å². The number of hydrogen-bond donors (Lipinski definition) is 1. The van der Waals surface area contributed by atoms with Crippen molar-refractivity contribution in [2.75, 3.05) is 45.9 Å². The summed E-state index contributed by atoms with van der Waals surface area (Å²) in [5.74, 6) is 0.500. The lowest BCUT2D eigenvalue weighted by molar-refractivity contribution is 0.124. The van der Waals surface area contributed by atoms with Crippen LogP contribution in [0.4, 0.5) is 4.79 Å². The molecule has 2 amide bonds. The summed E-state index contributed by atoms with van der Waals surface area (Å²) in [5, 5.41) is 3.18. The van der Waals surface area contributed by atoms with Gasteiger partial charge in [0.1, 0.15) is 0 Å². The standard InChI is InChI=1S/C18H26N4O2/c23-17(22-7-3-4-8-22)20-12-18-13-21(9-15(18)11-24-14-18)10-16-5-1-2-6-19-16/h1-2,5-6,15H,3-4,7-14H2,(H,20,23)/t15-,18+/m0/s1. The van der Waals surface area contributed by atoms with Crippen LogP contribution in [0.15, 0.2) is 24.4 Å². The molecule has 6 heteroatoms. The van der Waals surface area contributed by atoms with E-state index in [1.165, 1.54) is 0 Å². The normalized spacial score (nSPS) is 29.8. The lowest BCUT2D eigenvalue weighted by atomic mass is 9.81. The number of carbonyl (C=O) groups is 1. The number of ether oxygens (including phenoxy) is 1. The van der Waals surface area contributed by atoms with E-state index in [2.05, 4.69) is 21.3 Å². The van der Waals surface area contributed by atoms with Crippen LogP contribution >= 0.6 is 0 Å². The van der Waals surface area contributed by atoms with Crippen LogP contribution in [-0.2, 0) is 11.3 Å². The van der Waals surface area contributed by atoms with Gasteiger partial charge in [-0.1, -0.05) is 6.07 Å². The molecule has 3 aliphatic rings. The Labute approximate surface area is 143 Å². The van der Waals surface area contributed by atoms with Crippen LogP contribution in [0.5, 0.6) is 0 Å². The predicted octanol–water partition coefficient (Wildman–Crippen LogP) is 1.34. The van der Waals surface area contributed by atoms with Gasteiger partial charge in [-0.05, 0) is 25.0 Å². The molecule has 1 aromatic heterocycles. The molecule has 0 spiro atoms. The Morgan fingerprint density at radius 2 is 2.25 bits per heavy atom. The van der Waals surface area contributed by atoms with Gasteiger partial charge in [0.15, 0.2) is 0 Å². The molecule has 1 N–H and O–H groups in total. The van der Waals surface area contributed by atoms with Gasteiger partial charge in [-0.15, -0.1) is 0 Å². The predicted molar refractivity (Wildman–Crippen MR) is 90.5 cm³/mol. The van der Waals surface area contributed by atoms with Gasteiger partial charge in [-0.25, -0.2) is 4.79 Å². The maximum atomic E-state index is 12.3.